The van der Waals surface area contributed by atoms with Crippen molar-refractivity contribution in [2.75, 3.05) is 27.2 Å². The maximum atomic E-state index is 11.1. The Bertz CT molecular complexity index is 635. The van der Waals surface area contributed by atoms with E-state index in [9.17, 15) is 4.79 Å². The lowest BCUT2D eigenvalue weighted by molar-refractivity contribution is -0.105. The number of likely N-dealkylation sites (N-methyl/N-ethyl adjacent to an activating group) is 1. The lowest BCUT2D eigenvalue weighted by atomic mass is 9.75. The summed E-state index contributed by atoms with van der Waals surface area (Å²) < 4.78 is 11.5. The fourth-order valence-corrected chi connectivity index (χ4v) is 4.53. The van der Waals surface area contributed by atoms with E-state index in [4.69, 9.17) is 9.47 Å². The summed E-state index contributed by atoms with van der Waals surface area (Å²) in [4.78, 5) is 13.3. The largest absolute Gasteiger partial charge is 0.448 e. The first-order valence-electron chi connectivity index (χ1n) is 10.1. The van der Waals surface area contributed by atoms with Crippen molar-refractivity contribution in [1.82, 2.24) is 20.4 Å². The maximum Gasteiger partial charge on any atom is 0.406 e. The van der Waals surface area contributed by atoms with E-state index in [0.29, 0.717) is 19.1 Å². The van der Waals surface area contributed by atoms with Gasteiger partial charge in [-0.15, -0.1) is 0 Å². The summed E-state index contributed by atoms with van der Waals surface area (Å²) in [6, 6.07) is 0. The van der Waals surface area contributed by atoms with E-state index in [1.807, 2.05) is 13.2 Å². The minimum atomic E-state index is -0.388. The molecule has 0 atom stereocenters. The predicted molar refractivity (Wildman–Crippen MR) is 104 cm³/mol. The Morgan fingerprint density at radius 1 is 1.37 bits per heavy atom. The number of ether oxygens (including phenoxy) is 2. The first-order chi connectivity index (χ1) is 12.8. The predicted octanol–water partition coefficient (Wildman–Crippen LogP) is 3.18. The normalized spacial score (nSPS) is 27.2. The second-order valence-corrected chi connectivity index (χ2v) is 8.74. The van der Waals surface area contributed by atoms with E-state index in [1.54, 1.807) is 7.05 Å². The van der Waals surface area contributed by atoms with Crippen LogP contribution in [-0.4, -0.2) is 59.6 Å². The van der Waals surface area contributed by atoms with Crippen molar-refractivity contribution in [2.24, 2.45) is 0 Å². The van der Waals surface area contributed by atoms with Gasteiger partial charge in [-0.3, -0.25) is 10.00 Å². The van der Waals surface area contributed by atoms with Crippen molar-refractivity contribution in [3.05, 3.63) is 17.5 Å². The summed E-state index contributed by atoms with van der Waals surface area (Å²) in [5, 5.41) is 10.1. The quantitative estimate of drug-likeness (QED) is 0.795. The van der Waals surface area contributed by atoms with Gasteiger partial charge in [-0.05, 0) is 59.4 Å². The average Bonchev–Trinajstić information content (AvgIpc) is 3.20. The molecule has 1 saturated carbocycles. The van der Waals surface area contributed by atoms with Crippen LogP contribution in [0.15, 0.2) is 6.20 Å². The van der Waals surface area contributed by atoms with Crippen molar-refractivity contribution >= 4 is 6.09 Å². The van der Waals surface area contributed by atoms with Crippen molar-refractivity contribution in [1.29, 1.82) is 0 Å². The van der Waals surface area contributed by atoms with Crippen LogP contribution in [0.4, 0.5) is 4.79 Å². The smallest absolute Gasteiger partial charge is 0.406 e. The highest BCUT2D eigenvalue weighted by Gasteiger charge is 2.46. The van der Waals surface area contributed by atoms with Crippen molar-refractivity contribution in [3.8, 4) is 0 Å². The molecule has 2 N–H and O–H groups in total. The molecule has 3 rings (SSSR count). The molecule has 1 aliphatic heterocycles. The number of amides is 1. The summed E-state index contributed by atoms with van der Waals surface area (Å²) in [6.07, 6.45) is 8.50. The Kier molecular flexibility index (Phi) is 6.11. The van der Waals surface area contributed by atoms with Gasteiger partial charge in [0.2, 0.25) is 0 Å². The molecule has 2 aliphatic rings. The number of aromatic nitrogens is 2. The fourth-order valence-electron chi connectivity index (χ4n) is 4.53. The topological polar surface area (TPSA) is 79.5 Å². The van der Waals surface area contributed by atoms with E-state index in [-0.39, 0.29) is 17.3 Å². The zero-order valence-corrected chi connectivity index (χ0v) is 17.1. The molecule has 2 heterocycles. The summed E-state index contributed by atoms with van der Waals surface area (Å²) in [5.41, 5.74) is 2.57. The third kappa shape index (κ3) is 5.02. The number of nitrogens with zero attached hydrogens (tertiary/aromatic N) is 2. The molecule has 0 radical (unpaired) electrons. The van der Waals surface area contributed by atoms with Gasteiger partial charge in [-0.25, -0.2) is 4.79 Å². The molecular weight excluding hydrogens is 344 g/mol. The van der Waals surface area contributed by atoms with Crippen LogP contribution in [0.25, 0.3) is 0 Å². The number of rotatable bonds is 6. The van der Waals surface area contributed by atoms with E-state index >= 15 is 0 Å². The molecule has 1 aromatic heterocycles. The zero-order chi connectivity index (χ0) is 19.5. The molecule has 0 unspecified atom stereocenters. The monoisotopic (exact) mass is 378 g/mol. The van der Waals surface area contributed by atoms with E-state index in [0.717, 1.165) is 38.6 Å². The standard InChI is InChI=1S/C20H34N4O3/c1-19(2)9-10-20(27-19)7-5-15(6-8-20)17-16(13-22-23-17)14-24(4)11-12-26-18(25)21-3/h13,15H,5-12,14H2,1-4H3,(H,21,25)(H,22,23). The molecule has 0 bridgehead atoms. The number of alkyl carbamates (subject to hydrolysis) is 1. The molecule has 0 aromatic carbocycles. The van der Waals surface area contributed by atoms with Gasteiger partial charge in [0.05, 0.1) is 16.9 Å². The average molecular weight is 379 g/mol. The highest BCUT2D eigenvalue weighted by atomic mass is 16.5. The summed E-state index contributed by atoms with van der Waals surface area (Å²) in [7, 11) is 3.60. The van der Waals surface area contributed by atoms with E-state index in [1.165, 1.54) is 17.7 Å². The van der Waals surface area contributed by atoms with Crippen LogP contribution in [0.1, 0.15) is 69.5 Å². The molecule has 1 amide bonds. The van der Waals surface area contributed by atoms with E-state index < -0.39 is 0 Å². The molecule has 7 nitrogen and oxygen atoms in total. The lowest BCUT2D eigenvalue weighted by Gasteiger charge is -2.38. The van der Waals surface area contributed by atoms with Crippen LogP contribution >= 0.6 is 0 Å². The first kappa shape index (κ1) is 20.1. The van der Waals surface area contributed by atoms with Crippen molar-refractivity contribution in [3.63, 3.8) is 0 Å². The zero-order valence-electron chi connectivity index (χ0n) is 17.1. The number of hydrogen-bond acceptors (Lipinski definition) is 5. The van der Waals surface area contributed by atoms with Crippen molar-refractivity contribution < 1.29 is 14.3 Å². The molecule has 1 spiro atoms. The van der Waals surface area contributed by atoms with Gasteiger partial charge >= 0.3 is 6.09 Å². The lowest BCUT2D eigenvalue weighted by Crippen LogP contribution is -2.36. The number of hydrogen-bond donors (Lipinski definition) is 2. The van der Waals surface area contributed by atoms with Gasteiger partial charge in [0.15, 0.2) is 0 Å². The number of aromatic amines is 1. The van der Waals surface area contributed by atoms with Crippen LogP contribution in [-0.2, 0) is 16.0 Å². The van der Waals surface area contributed by atoms with Gasteiger partial charge in [-0.1, -0.05) is 0 Å². The van der Waals surface area contributed by atoms with Crippen molar-refractivity contribution in [2.45, 2.75) is 76.0 Å². The van der Waals surface area contributed by atoms with Gasteiger partial charge in [0, 0.05) is 37.8 Å². The molecule has 2 fully saturated rings. The Balaban J connectivity index is 1.51. The van der Waals surface area contributed by atoms with Crippen LogP contribution in [0, 0.1) is 0 Å². The molecule has 27 heavy (non-hydrogen) atoms. The second-order valence-electron chi connectivity index (χ2n) is 8.74. The van der Waals surface area contributed by atoms with Gasteiger partial charge in [0.25, 0.3) is 0 Å². The summed E-state index contributed by atoms with van der Waals surface area (Å²) >= 11 is 0. The summed E-state index contributed by atoms with van der Waals surface area (Å²) in [6.45, 7) is 6.29. The Morgan fingerprint density at radius 2 is 2.11 bits per heavy atom. The van der Waals surface area contributed by atoms with E-state index in [2.05, 4.69) is 34.3 Å². The Morgan fingerprint density at radius 3 is 2.74 bits per heavy atom. The van der Waals surface area contributed by atoms with Crippen LogP contribution in [0.2, 0.25) is 0 Å². The maximum absolute atomic E-state index is 11.1. The van der Waals surface area contributed by atoms with Crippen LogP contribution in [0.5, 0.6) is 0 Å². The first-order valence-corrected chi connectivity index (χ1v) is 10.1. The SMILES string of the molecule is CNC(=O)OCCN(C)Cc1c[nH]nc1C1CCC2(CC1)CCC(C)(C)O2. The van der Waals surface area contributed by atoms with Crippen LogP contribution in [0.3, 0.4) is 0 Å². The minimum Gasteiger partial charge on any atom is -0.448 e. The molecule has 1 saturated heterocycles. The highest BCUT2D eigenvalue weighted by molar-refractivity contribution is 5.66. The fraction of sp³-hybridized carbons (Fsp3) is 0.800. The summed E-state index contributed by atoms with van der Waals surface area (Å²) in [5.74, 6) is 0.500. The number of nitrogens with one attached hydrogen (secondary N) is 2. The third-order valence-corrected chi connectivity index (χ3v) is 6.06. The molecule has 1 aliphatic carbocycles. The molecule has 1 aromatic rings. The Labute approximate surface area is 162 Å². The number of H-pyrrole nitrogens is 1. The van der Waals surface area contributed by atoms with Gasteiger partial charge in [0.1, 0.15) is 6.61 Å². The Hall–Kier alpha value is -1.60. The minimum absolute atomic E-state index is 0.0315. The molecule has 7 heteroatoms. The highest BCUT2D eigenvalue weighted by Crippen LogP contribution is 2.49. The van der Waals surface area contributed by atoms with Gasteiger partial charge in [-0.2, -0.15) is 5.10 Å². The van der Waals surface area contributed by atoms with Gasteiger partial charge < -0.3 is 14.8 Å². The third-order valence-electron chi connectivity index (χ3n) is 6.06. The molecule has 152 valence electrons. The second kappa shape index (κ2) is 8.19. The molecular formula is C20H34N4O3. The number of carbonyl (C=O) groups is 1. The number of carbonyl (C=O) groups excluding carboxylic acids is 1. The van der Waals surface area contributed by atoms with Crippen LogP contribution < -0.4 is 5.32 Å².